The maximum absolute atomic E-state index is 11.5. The van der Waals surface area contributed by atoms with E-state index in [-0.39, 0.29) is 39.6 Å². The van der Waals surface area contributed by atoms with E-state index in [1.165, 1.54) is 19.3 Å². The molecule has 69 heavy (non-hydrogen) atoms. The minimum atomic E-state index is -4.56. The Morgan fingerprint density at radius 2 is 0.493 bits per heavy atom. The predicted octanol–water partition coefficient (Wildman–Crippen LogP) is 13.0. The van der Waals surface area contributed by atoms with Crippen molar-refractivity contribution < 1.29 is 125 Å². The van der Waals surface area contributed by atoms with E-state index < -0.39 is 65.6 Å². The molecule has 1 aliphatic rings. The average molecular weight is 1160 g/mol. The van der Waals surface area contributed by atoms with E-state index in [0.29, 0.717) is 51.7 Å². The van der Waals surface area contributed by atoms with E-state index in [1.54, 1.807) is 0 Å². The van der Waals surface area contributed by atoms with Crippen LogP contribution in [0, 0.1) is 0 Å². The van der Waals surface area contributed by atoms with Crippen LogP contribution in [0.15, 0.2) is 0 Å². The van der Waals surface area contributed by atoms with Crippen molar-refractivity contribution in [3.05, 3.63) is 0 Å². The molecule has 0 spiro atoms. The van der Waals surface area contributed by atoms with Gasteiger partial charge in [0.25, 0.3) is 0 Å². The molecule has 24 nitrogen and oxygen atoms in total. The summed E-state index contributed by atoms with van der Waals surface area (Å²) in [6.45, 7) is 13.1. The molecule has 6 unspecified atom stereocenters. The summed E-state index contributed by atoms with van der Waals surface area (Å²) < 4.78 is 128. The molecule has 6 N–H and O–H groups in total. The molecule has 6 atom stereocenters. The molecule has 1 fully saturated rings. The van der Waals surface area contributed by atoms with Crippen molar-refractivity contribution in [1.29, 1.82) is 0 Å². The Balaban J connectivity index is -0.000000888. The Kier molecular flexibility index (Phi) is 50.2. The third kappa shape index (κ3) is 56.8. The summed E-state index contributed by atoms with van der Waals surface area (Å²) >= 11 is -2.52. The van der Waals surface area contributed by atoms with Gasteiger partial charge in [-0.3, -0.25) is 27.1 Å². The summed E-state index contributed by atoms with van der Waals surface area (Å²) in [5.74, 6) is 0. The minimum absolute atomic E-state index is 0.00879. The van der Waals surface area contributed by atoms with Crippen LogP contribution < -0.4 is 0 Å². The van der Waals surface area contributed by atoms with Crippen molar-refractivity contribution in [2.24, 2.45) is 0 Å². The topological polar surface area (TPSA) is 342 Å². The molecule has 1 saturated heterocycles. The number of hydrogen-bond acceptors (Lipinski definition) is 18. The van der Waals surface area contributed by atoms with Gasteiger partial charge in [-0.15, -0.1) is 0 Å². The number of rotatable bonds is 42. The molecule has 1 aliphatic heterocycles. The fourth-order valence-electron chi connectivity index (χ4n) is 4.98. The summed E-state index contributed by atoms with van der Waals surface area (Å²) in [6, 6.07) is 0. The molecule has 31 heteroatoms. The van der Waals surface area contributed by atoms with Crippen LogP contribution in [-0.2, 0) is 96.0 Å². The molecule has 0 bridgehead atoms. The molecule has 0 amide bonds. The number of phosphoric ester groups is 6. The summed E-state index contributed by atoms with van der Waals surface area (Å²) in [5, 5.41) is 0. The van der Waals surface area contributed by atoms with Gasteiger partial charge in [0, 0.05) is 0 Å². The van der Waals surface area contributed by atoms with Crippen LogP contribution in [0.5, 0.6) is 0 Å². The van der Waals surface area contributed by atoms with Gasteiger partial charge in [0.15, 0.2) is 0 Å². The van der Waals surface area contributed by atoms with Crippen molar-refractivity contribution in [1.82, 2.24) is 0 Å². The Labute approximate surface area is 419 Å². The van der Waals surface area contributed by atoms with Crippen molar-refractivity contribution in [3.63, 3.8) is 0 Å². The van der Waals surface area contributed by atoms with Crippen LogP contribution in [-0.4, -0.2) is 82.2 Å². The second-order valence-corrected chi connectivity index (χ2v) is 26.2. The van der Waals surface area contributed by atoms with Crippen molar-refractivity contribution in [2.75, 3.05) is 52.9 Å². The van der Waals surface area contributed by atoms with Gasteiger partial charge in [0.05, 0.1) is 39.6 Å². The zero-order chi connectivity index (χ0) is 53.0. The third-order valence-corrected chi connectivity index (χ3v) is 18.0. The maximum atomic E-state index is 11.5. The van der Waals surface area contributed by atoms with E-state index in [4.69, 9.17) is 0 Å². The first-order valence-corrected chi connectivity index (χ1v) is 35.0. The van der Waals surface area contributed by atoms with Gasteiger partial charge in [0.2, 0.25) is 0 Å². The Morgan fingerprint density at radius 3 is 0.667 bits per heavy atom. The van der Waals surface area contributed by atoms with Gasteiger partial charge in [-0.2, -0.15) is 12.9 Å². The number of phosphoric acid groups is 6. The molecule has 0 aromatic rings. The van der Waals surface area contributed by atoms with Gasteiger partial charge in [0.1, 0.15) is 0 Å². The zero-order valence-electron chi connectivity index (χ0n) is 41.8. The fraction of sp³-hybridized carbons (Fsp3) is 1.00. The van der Waals surface area contributed by atoms with E-state index >= 15 is 0 Å². The molecule has 0 aliphatic carbocycles. The quantitative estimate of drug-likeness (QED) is 0.0188. The number of hydrogen-bond donors (Lipinski definition) is 6. The first kappa shape index (κ1) is 74.5. The Hall–Kier alpha value is 1.21. The first-order valence-electron chi connectivity index (χ1n) is 24.2. The normalized spacial score (nSPS) is 17.8. The third-order valence-electron chi connectivity index (χ3n) is 8.66. The molecule has 1 rings (SSSR count). The van der Waals surface area contributed by atoms with E-state index in [0.717, 1.165) is 96.3 Å². The molecule has 418 valence electrons. The van der Waals surface area contributed by atoms with Gasteiger partial charge >= 0.3 is 88.7 Å². The molecule has 0 radical (unpaired) electrons. The van der Waals surface area contributed by atoms with E-state index in [1.807, 2.05) is 20.8 Å². The second-order valence-electron chi connectivity index (χ2n) is 15.4. The van der Waals surface area contributed by atoms with Crippen molar-refractivity contribution in [2.45, 2.75) is 196 Å². The van der Waals surface area contributed by atoms with Crippen LogP contribution in [0.2, 0.25) is 0 Å². The van der Waals surface area contributed by atoms with Gasteiger partial charge in [-0.1, -0.05) is 157 Å². The molecule has 1 heterocycles. The summed E-state index contributed by atoms with van der Waals surface area (Å²) in [6.07, 6.45) is 21.9. The average Bonchev–Trinajstić information content (AvgIpc) is 3.73. The molecule has 0 aromatic carbocycles. The fourth-order valence-corrected chi connectivity index (χ4v) is 12.3. The molecule has 0 aromatic heterocycles. The SMILES string of the molecule is CCCCCCCCOP(=O)(O)OP(=O)(O)OCCCC.CCCCCCCCOP(=O)(O)OP(=O)(O)OCCCC.CCCCCCCCOP(=O)(O)OP(=O)(O)OCCCC.[O]=[Ti]1[O]CC[O]1. The Bertz CT molecular complexity index is 1370. The van der Waals surface area contributed by atoms with Crippen molar-refractivity contribution in [3.8, 4) is 0 Å². The zero-order valence-corrected chi connectivity index (χ0v) is 48.8. The summed E-state index contributed by atoms with van der Waals surface area (Å²) in [7, 11) is -27.3. The van der Waals surface area contributed by atoms with Crippen molar-refractivity contribution >= 4 is 46.9 Å². The van der Waals surface area contributed by atoms with Gasteiger partial charge < -0.3 is 29.4 Å². The standard InChI is InChI=1S/3C12H28O7P2.C2H4O2.O.Ti/c3*1-3-5-7-8-9-10-12-18-21(15,16)19-20(13,14)17-11-6-4-2;3-1-2-4;;/h3*3-12H2,1-2H3,(H,13,14)(H,15,16);1-2H2;;/q;;;-2;;+2. The summed E-state index contributed by atoms with van der Waals surface area (Å²) in [5.41, 5.74) is 0. The van der Waals surface area contributed by atoms with Crippen LogP contribution in [0.4, 0.5) is 0 Å². The van der Waals surface area contributed by atoms with Crippen LogP contribution >= 0.6 is 46.9 Å². The van der Waals surface area contributed by atoms with E-state index in [2.05, 4.69) is 67.5 Å². The number of unbranched alkanes of at least 4 members (excludes halogenated alkanes) is 18. The molecular weight excluding hydrogens is 1070 g/mol. The van der Waals surface area contributed by atoms with E-state index in [9.17, 15) is 60.1 Å². The van der Waals surface area contributed by atoms with Crippen LogP contribution in [0.1, 0.15) is 196 Å². The molecule has 0 saturated carbocycles. The van der Waals surface area contributed by atoms with Gasteiger partial charge in [-0.05, 0) is 38.5 Å². The Morgan fingerprint density at radius 1 is 0.319 bits per heavy atom. The van der Waals surface area contributed by atoms with Crippen LogP contribution in [0.3, 0.4) is 0 Å². The molecular formula is C38H88O24P6Ti. The van der Waals surface area contributed by atoms with Crippen LogP contribution in [0.25, 0.3) is 0 Å². The monoisotopic (exact) mass is 1160 g/mol. The second kappa shape index (κ2) is 46.5. The predicted molar refractivity (Wildman–Crippen MR) is 255 cm³/mol. The first-order chi connectivity index (χ1) is 32.4. The summed E-state index contributed by atoms with van der Waals surface area (Å²) in [4.78, 5) is 55.9. The van der Waals surface area contributed by atoms with Gasteiger partial charge in [-0.25, -0.2) is 27.4 Å².